The third-order valence-electron chi connectivity index (χ3n) is 4.27. The molecule has 0 aromatic heterocycles. The fraction of sp³-hybridized carbons (Fsp3) is 0.533. The highest BCUT2D eigenvalue weighted by atomic mass is 35.5. The Bertz CT molecular complexity index is 460. The maximum absolute atomic E-state index is 12.5. The molecule has 2 aliphatic heterocycles. The van der Waals surface area contributed by atoms with Crippen molar-refractivity contribution >= 4 is 17.5 Å². The first-order valence-corrected chi connectivity index (χ1v) is 7.36. The van der Waals surface area contributed by atoms with Crippen molar-refractivity contribution in [1.29, 1.82) is 0 Å². The Morgan fingerprint density at radius 1 is 1.32 bits per heavy atom. The van der Waals surface area contributed by atoms with Gasteiger partial charge in [0.1, 0.15) is 0 Å². The Kier molecular flexibility index (Phi) is 3.76. The second kappa shape index (κ2) is 5.51. The first kappa shape index (κ1) is 12.9. The van der Waals surface area contributed by atoms with Crippen LogP contribution in [0.4, 0.5) is 0 Å². The molecule has 2 aliphatic rings. The van der Waals surface area contributed by atoms with Gasteiger partial charge < -0.3 is 10.2 Å². The van der Waals surface area contributed by atoms with Crippen LogP contribution in [0.3, 0.4) is 0 Å². The molecule has 2 unspecified atom stereocenters. The summed E-state index contributed by atoms with van der Waals surface area (Å²) >= 11 is 5.87. The number of carbonyl (C=O) groups excluding carboxylic acids is 1. The summed E-state index contributed by atoms with van der Waals surface area (Å²) < 4.78 is 0. The highest BCUT2D eigenvalue weighted by Gasteiger charge is 2.36. The molecular formula is C15H19ClN2O. The minimum Gasteiger partial charge on any atom is -0.338 e. The summed E-state index contributed by atoms with van der Waals surface area (Å²) in [7, 11) is 0. The number of hydrogen-bond acceptors (Lipinski definition) is 2. The average Bonchev–Trinajstić information content (AvgIpc) is 2.89. The molecule has 4 heteroatoms. The molecule has 1 N–H and O–H groups in total. The molecule has 1 aromatic carbocycles. The van der Waals surface area contributed by atoms with E-state index in [1.54, 1.807) is 0 Å². The molecule has 2 atom stereocenters. The maximum Gasteiger partial charge on any atom is 0.227 e. The van der Waals surface area contributed by atoms with E-state index in [4.69, 9.17) is 11.6 Å². The van der Waals surface area contributed by atoms with E-state index >= 15 is 0 Å². The number of benzene rings is 1. The monoisotopic (exact) mass is 278 g/mol. The van der Waals surface area contributed by atoms with Crippen LogP contribution in [-0.2, 0) is 11.2 Å². The molecule has 2 heterocycles. The molecule has 2 fully saturated rings. The van der Waals surface area contributed by atoms with Gasteiger partial charge in [-0.25, -0.2) is 0 Å². The third kappa shape index (κ3) is 2.77. The molecule has 1 aromatic rings. The molecule has 0 saturated carbocycles. The van der Waals surface area contributed by atoms with Crippen molar-refractivity contribution in [3.63, 3.8) is 0 Å². The molecule has 1 amide bonds. The van der Waals surface area contributed by atoms with E-state index in [1.165, 1.54) is 6.42 Å². The van der Waals surface area contributed by atoms with Crippen LogP contribution in [0, 0.1) is 5.92 Å². The van der Waals surface area contributed by atoms with Crippen LogP contribution in [-0.4, -0.2) is 36.5 Å². The average molecular weight is 279 g/mol. The van der Waals surface area contributed by atoms with Gasteiger partial charge in [0, 0.05) is 30.7 Å². The van der Waals surface area contributed by atoms with E-state index in [-0.39, 0.29) is 5.91 Å². The maximum atomic E-state index is 12.5. The molecular weight excluding hydrogens is 260 g/mol. The van der Waals surface area contributed by atoms with Crippen LogP contribution in [0.5, 0.6) is 0 Å². The Hall–Kier alpha value is -1.06. The lowest BCUT2D eigenvalue weighted by atomic mass is 9.91. The second-order valence-electron chi connectivity index (χ2n) is 5.52. The van der Waals surface area contributed by atoms with Crippen molar-refractivity contribution in [3.05, 3.63) is 34.9 Å². The zero-order valence-electron chi connectivity index (χ0n) is 10.9. The molecule has 3 nitrogen and oxygen atoms in total. The predicted octanol–water partition coefficient (Wildman–Crippen LogP) is 2.09. The van der Waals surface area contributed by atoms with Crippen LogP contribution in [0.25, 0.3) is 0 Å². The van der Waals surface area contributed by atoms with Crippen LogP contribution < -0.4 is 5.32 Å². The molecule has 102 valence electrons. The number of halogens is 1. The number of nitrogens with one attached hydrogen (secondary N) is 1. The van der Waals surface area contributed by atoms with E-state index in [0.29, 0.717) is 23.4 Å². The normalized spacial score (nSPS) is 26.3. The summed E-state index contributed by atoms with van der Waals surface area (Å²) in [5.41, 5.74) is 1.04. The highest BCUT2D eigenvalue weighted by Crippen LogP contribution is 2.27. The van der Waals surface area contributed by atoms with Gasteiger partial charge in [0.05, 0.1) is 6.42 Å². The number of nitrogens with zero attached hydrogens (tertiary/aromatic N) is 1. The smallest absolute Gasteiger partial charge is 0.227 e. The molecule has 0 bridgehead atoms. The Morgan fingerprint density at radius 2 is 2.11 bits per heavy atom. The van der Waals surface area contributed by atoms with Gasteiger partial charge in [0.15, 0.2) is 0 Å². The van der Waals surface area contributed by atoms with Gasteiger partial charge in [-0.1, -0.05) is 23.7 Å². The van der Waals surface area contributed by atoms with Crippen molar-refractivity contribution in [2.75, 3.05) is 19.6 Å². The SMILES string of the molecule is O=C(Cc1ccc(Cl)cc1)N1CCCC2CNCC21. The van der Waals surface area contributed by atoms with Gasteiger partial charge in [0.2, 0.25) is 5.91 Å². The number of likely N-dealkylation sites (tertiary alicyclic amines) is 1. The lowest BCUT2D eigenvalue weighted by Crippen LogP contribution is -2.48. The van der Waals surface area contributed by atoms with Crippen molar-refractivity contribution < 1.29 is 4.79 Å². The zero-order chi connectivity index (χ0) is 13.2. The number of piperidine rings is 1. The van der Waals surface area contributed by atoms with Crippen LogP contribution >= 0.6 is 11.6 Å². The number of rotatable bonds is 2. The fourth-order valence-electron chi connectivity index (χ4n) is 3.26. The first-order valence-electron chi connectivity index (χ1n) is 6.98. The Labute approximate surface area is 118 Å². The lowest BCUT2D eigenvalue weighted by molar-refractivity contribution is -0.134. The van der Waals surface area contributed by atoms with Crippen LogP contribution in [0.15, 0.2) is 24.3 Å². The van der Waals surface area contributed by atoms with Gasteiger partial charge in [-0.05, 0) is 36.5 Å². The largest absolute Gasteiger partial charge is 0.338 e. The van der Waals surface area contributed by atoms with E-state index in [9.17, 15) is 4.79 Å². The third-order valence-corrected chi connectivity index (χ3v) is 4.52. The summed E-state index contributed by atoms with van der Waals surface area (Å²) in [5.74, 6) is 0.906. The van der Waals surface area contributed by atoms with Crippen molar-refractivity contribution in [2.45, 2.75) is 25.3 Å². The van der Waals surface area contributed by atoms with E-state index in [0.717, 1.165) is 31.6 Å². The predicted molar refractivity (Wildman–Crippen MR) is 76.3 cm³/mol. The van der Waals surface area contributed by atoms with Gasteiger partial charge in [0.25, 0.3) is 0 Å². The molecule has 19 heavy (non-hydrogen) atoms. The van der Waals surface area contributed by atoms with Crippen molar-refractivity contribution in [1.82, 2.24) is 10.2 Å². The van der Waals surface area contributed by atoms with E-state index in [1.807, 2.05) is 24.3 Å². The van der Waals surface area contributed by atoms with Crippen molar-refractivity contribution in [2.24, 2.45) is 5.92 Å². The molecule has 3 rings (SSSR count). The number of carbonyl (C=O) groups is 1. The lowest BCUT2D eigenvalue weighted by Gasteiger charge is -2.37. The van der Waals surface area contributed by atoms with Gasteiger partial charge in [-0.3, -0.25) is 4.79 Å². The minimum atomic E-state index is 0.251. The van der Waals surface area contributed by atoms with Gasteiger partial charge in [-0.15, -0.1) is 0 Å². The van der Waals surface area contributed by atoms with E-state index < -0.39 is 0 Å². The van der Waals surface area contributed by atoms with E-state index in [2.05, 4.69) is 10.2 Å². The summed E-state index contributed by atoms with van der Waals surface area (Å²) in [4.78, 5) is 14.5. The quantitative estimate of drug-likeness (QED) is 0.898. The summed E-state index contributed by atoms with van der Waals surface area (Å²) in [6.07, 6.45) is 2.87. The highest BCUT2D eigenvalue weighted by molar-refractivity contribution is 6.30. The van der Waals surface area contributed by atoms with Crippen molar-refractivity contribution in [3.8, 4) is 0 Å². The molecule has 2 saturated heterocycles. The molecule has 0 aliphatic carbocycles. The minimum absolute atomic E-state index is 0.251. The summed E-state index contributed by atoms with van der Waals surface area (Å²) in [6, 6.07) is 7.98. The number of hydrogen-bond donors (Lipinski definition) is 1. The standard InChI is InChI=1S/C15H19ClN2O/c16-13-5-3-11(4-6-13)8-15(19)18-7-1-2-12-9-17-10-14(12)18/h3-6,12,14,17H,1-2,7-10H2. The summed E-state index contributed by atoms with van der Waals surface area (Å²) in [5, 5.41) is 4.13. The van der Waals surface area contributed by atoms with Gasteiger partial charge >= 0.3 is 0 Å². The fourth-order valence-corrected chi connectivity index (χ4v) is 3.38. The summed E-state index contributed by atoms with van der Waals surface area (Å²) in [6.45, 7) is 2.93. The molecule has 0 spiro atoms. The van der Waals surface area contributed by atoms with Crippen LogP contribution in [0.2, 0.25) is 5.02 Å². The Balaban J connectivity index is 1.67. The van der Waals surface area contributed by atoms with Crippen LogP contribution in [0.1, 0.15) is 18.4 Å². The first-order chi connectivity index (χ1) is 9.24. The number of fused-ring (bicyclic) bond motifs is 1. The second-order valence-corrected chi connectivity index (χ2v) is 5.95. The topological polar surface area (TPSA) is 32.3 Å². The number of amides is 1. The zero-order valence-corrected chi connectivity index (χ0v) is 11.7. The Morgan fingerprint density at radius 3 is 2.89 bits per heavy atom. The molecule has 0 radical (unpaired) electrons. The van der Waals surface area contributed by atoms with Gasteiger partial charge in [-0.2, -0.15) is 0 Å².